The summed E-state index contributed by atoms with van der Waals surface area (Å²) >= 11 is 5.96. The third-order valence-electron chi connectivity index (χ3n) is 2.66. The van der Waals surface area contributed by atoms with Gasteiger partial charge < -0.3 is 10.2 Å². The van der Waals surface area contributed by atoms with Crippen LogP contribution < -0.4 is 0 Å². The summed E-state index contributed by atoms with van der Waals surface area (Å²) in [5.41, 5.74) is 2.59. The van der Waals surface area contributed by atoms with Crippen molar-refractivity contribution in [3.63, 3.8) is 0 Å². The second-order valence-corrected chi connectivity index (χ2v) is 4.27. The van der Waals surface area contributed by atoms with Gasteiger partial charge in [0.2, 0.25) is 0 Å². The number of aliphatic carboxylic acids is 1. The molecule has 2 N–H and O–H groups in total. The molecular weight excluding hydrogens is 228 g/mol. The number of benzene rings is 1. The molecule has 0 spiro atoms. The topological polar surface area (TPSA) is 57.5 Å². The first kappa shape index (κ1) is 12.8. The van der Waals surface area contributed by atoms with E-state index in [1.807, 2.05) is 19.9 Å². The van der Waals surface area contributed by atoms with Crippen molar-refractivity contribution in [3.8, 4) is 5.75 Å². The molecule has 0 amide bonds. The maximum absolute atomic E-state index is 10.4. The van der Waals surface area contributed by atoms with E-state index in [-0.39, 0.29) is 12.2 Å². The molecule has 0 bridgehead atoms. The van der Waals surface area contributed by atoms with Gasteiger partial charge in [-0.15, -0.1) is 0 Å². The van der Waals surface area contributed by atoms with Crippen molar-refractivity contribution in [2.45, 2.75) is 33.1 Å². The second-order valence-electron chi connectivity index (χ2n) is 3.89. The molecule has 0 atom stereocenters. The van der Waals surface area contributed by atoms with Crippen LogP contribution in [0.4, 0.5) is 0 Å². The normalized spacial score (nSPS) is 10.4. The van der Waals surface area contributed by atoms with Gasteiger partial charge in [-0.1, -0.05) is 17.7 Å². The highest BCUT2D eigenvalue weighted by atomic mass is 35.5. The minimum Gasteiger partial charge on any atom is -0.506 e. The van der Waals surface area contributed by atoms with Crippen LogP contribution in [-0.4, -0.2) is 16.2 Å². The molecule has 3 nitrogen and oxygen atoms in total. The number of rotatable bonds is 4. The molecule has 0 radical (unpaired) electrons. The van der Waals surface area contributed by atoms with E-state index in [2.05, 4.69) is 0 Å². The molecule has 16 heavy (non-hydrogen) atoms. The van der Waals surface area contributed by atoms with Crippen LogP contribution in [-0.2, 0) is 11.2 Å². The Morgan fingerprint density at radius 1 is 1.44 bits per heavy atom. The molecule has 1 aromatic carbocycles. The minimum atomic E-state index is -0.825. The van der Waals surface area contributed by atoms with E-state index >= 15 is 0 Å². The van der Waals surface area contributed by atoms with Gasteiger partial charge in [-0.25, -0.2) is 0 Å². The van der Waals surface area contributed by atoms with Crippen molar-refractivity contribution in [2.24, 2.45) is 0 Å². The molecule has 0 saturated heterocycles. The molecule has 0 aliphatic heterocycles. The first-order valence-electron chi connectivity index (χ1n) is 5.12. The largest absolute Gasteiger partial charge is 0.506 e. The highest BCUT2D eigenvalue weighted by Gasteiger charge is 2.11. The van der Waals surface area contributed by atoms with E-state index in [9.17, 15) is 9.90 Å². The molecule has 0 aliphatic rings. The summed E-state index contributed by atoms with van der Waals surface area (Å²) in [5, 5.41) is 18.7. The van der Waals surface area contributed by atoms with Crippen LogP contribution in [0.3, 0.4) is 0 Å². The van der Waals surface area contributed by atoms with Crippen molar-refractivity contribution >= 4 is 17.6 Å². The van der Waals surface area contributed by atoms with Crippen molar-refractivity contribution in [1.82, 2.24) is 0 Å². The van der Waals surface area contributed by atoms with Crippen LogP contribution in [0.15, 0.2) is 6.07 Å². The molecule has 0 saturated carbocycles. The maximum atomic E-state index is 10.4. The van der Waals surface area contributed by atoms with Crippen molar-refractivity contribution in [2.75, 3.05) is 0 Å². The third-order valence-corrected chi connectivity index (χ3v) is 3.12. The second kappa shape index (κ2) is 5.21. The summed E-state index contributed by atoms with van der Waals surface area (Å²) in [6.45, 7) is 3.76. The summed E-state index contributed by atoms with van der Waals surface area (Å²) in [4.78, 5) is 10.4. The summed E-state index contributed by atoms with van der Waals surface area (Å²) in [6.07, 6.45) is 1.13. The number of hydrogen-bond donors (Lipinski definition) is 2. The van der Waals surface area contributed by atoms with Gasteiger partial charge in [0.25, 0.3) is 0 Å². The van der Waals surface area contributed by atoms with Crippen molar-refractivity contribution < 1.29 is 15.0 Å². The Morgan fingerprint density at radius 3 is 2.62 bits per heavy atom. The molecule has 1 aromatic rings. The molecule has 0 fully saturated rings. The van der Waals surface area contributed by atoms with Crippen LogP contribution in [0, 0.1) is 13.8 Å². The van der Waals surface area contributed by atoms with Gasteiger partial charge in [-0.3, -0.25) is 4.79 Å². The smallest absolute Gasteiger partial charge is 0.303 e. The van der Waals surface area contributed by atoms with E-state index in [0.717, 1.165) is 11.1 Å². The lowest BCUT2D eigenvalue weighted by Crippen LogP contribution is -1.97. The first-order chi connectivity index (χ1) is 7.43. The summed E-state index contributed by atoms with van der Waals surface area (Å²) in [5.74, 6) is -0.746. The Labute approximate surface area is 99.7 Å². The van der Waals surface area contributed by atoms with E-state index < -0.39 is 5.97 Å². The fraction of sp³-hybridized carbons (Fsp3) is 0.417. The lowest BCUT2D eigenvalue weighted by Gasteiger charge is -2.10. The van der Waals surface area contributed by atoms with Gasteiger partial charge in [0.05, 0.1) is 5.02 Å². The van der Waals surface area contributed by atoms with Gasteiger partial charge in [-0.05, 0) is 43.4 Å². The molecule has 0 unspecified atom stereocenters. The number of aromatic hydroxyl groups is 1. The predicted octanol–water partition coefficient (Wildman–Crippen LogP) is 3.07. The van der Waals surface area contributed by atoms with Crippen LogP contribution in [0.1, 0.15) is 29.5 Å². The fourth-order valence-corrected chi connectivity index (χ4v) is 1.82. The summed E-state index contributed by atoms with van der Waals surface area (Å²) in [6, 6.07) is 1.86. The average molecular weight is 243 g/mol. The van der Waals surface area contributed by atoms with E-state index in [4.69, 9.17) is 16.7 Å². The van der Waals surface area contributed by atoms with Crippen molar-refractivity contribution in [1.29, 1.82) is 0 Å². The Bertz CT molecular complexity index is 413. The summed E-state index contributed by atoms with van der Waals surface area (Å²) in [7, 11) is 0. The molecule has 0 aliphatic carbocycles. The Kier molecular flexibility index (Phi) is 4.19. The summed E-state index contributed by atoms with van der Waals surface area (Å²) < 4.78 is 0. The predicted molar refractivity (Wildman–Crippen MR) is 63.2 cm³/mol. The van der Waals surface area contributed by atoms with Gasteiger partial charge >= 0.3 is 5.97 Å². The molecular formula is C12H15ClO3. The molecule has 88 valence electrons. The number of carboxylic acid groups (broad SMARTS) is 1. The molecule has 4 heteroatoms. The zero-order valence-electron chi connectivity index (χ0n) is 9.38. The van der Waals surface area contributed by atoms with Gasteiger partial charge in [0, 0.05) is 6.42 Å². The van der Waals surface area contributed by atoms with Crippen molar-refractivity contribution in [3.05, 3.63) is 27.8 Å². The minimum absolute atomic E-state index is 0.0788. The molecule has 0 heterocycles. The standard InChI is InChI=1S/C12H15ClO3/c1-7-6-9(4-3-5-10(14)15)12(16)11(13)8(7)2/h6,16H,3-5H2,1-2H3,(H,14,15). The maximum Gasteiger partial charge on any atom is 0.303 e. The highest BCUT2D eigenvalue weighted by molar-refractivity contribution is 6.33. The number of carbonyl (C=O) groups is 1. The van der Waals surface area contributed by atoms with E-state index in [1.165, 1.54) is 0 Å². The number of carboxylic acids is 1. The Hall–Kier alpha value is -1.22. The van der Waals surface area contributed by atoms with Gasteiger partial charge in [0.15, 0.2) is 0 Å². The quantitative estimate of drug-likeness (QED) is 0.853. The lowest BCUT2D eigenvalue weighted by molar-refractivity contribution is -0.137. The van der Waals surface area contributed by atoms with Crippen LogP contribution in [0.2, 0.25) is 5.02 Å². The number of phenolic OH excluding ortho intramolecular Hbond substituents is 1. The van der Waals surface area contributed by atoms with Crippen LogP contribution >= 0.6 is 11.6 Å². The third kappa shape index (κ3) is 2.89. The zero-order valence-corrected chi connectivity index (χ0v) is 10.1. The Balaban J connectivity index is 2.85. The highest BCUT2D eigenvalue weighted by Crippen LogP contribution is 2.33. The number of hydrogen-bond acceptors (Lipinski definition) is 2. The monoisotopic (exact) mass is 242 g/mol. The average Bonchev–Trinajstić information content (AvgIpc) is 2.22. The molecule has 1 rings (SSSR count). The van der Waals surface area contributed by atoms with Crippen LogP contribution in [0.25, 0.3) is 0 Å². The number of phenols is 1. The first-order valence-corrected chi connectivity index (χ1v) is 5.50. The zero-order chi connectivity index (χ0) is 12.3. The van der Waals surface area contributed by atoms with E-state index in [1.54, 1.807) is 0 Å². The SMILES string of the molecule is Cc1cc(CCCC(=O)O)c(O)c(Cl)c1C. The van der Waals surface area contributed by atoms with Gasteiger partial charge in [0.1, 0.15) is 5.75 Å². The fourth-order valence-electron chi connectivity index (χ4n) is 1.55. The number of aryl methyl sites for hydroxylation is 2. The lowest BCUT2D eigenvalue weighted by atomic mass is 10.0. The van der Waals surface area contributed by atoms with E-state index in [0.29, 0.717) is 23.4 Å². The van der Waals surface area contributed by atoms with Gasteiger partial charge in [-0.2, -0.15) is 0 Å². The van der Waals surface area contributed by atoms with Crippen LogP contribution in [0.5, 0.6) is 5.75 Å². The Morgan fingerprint density at radius 2 is 2.06 bits per heavy atom. The molecule has 0 aromatic heterocycles. The number of halogens is 1.